The van der Waals surface area contributed by atoms with Gasteiger partial charge in [-0.2, -0.15) is 0 Å². The second-order valence-corrected chi connectivity index (χ2v) is 5.82. The van der Waals surface area contributed by atoms with E-state index in [0.29, 0.717) is 26.3 Å². The summed E-state index contributed by atoms with van der Waals surface area (Å²) in [5, 5.41) is 3.34. The summed E-state index contributed by atoms with van der Waals surface area (Å²) in [6.07, 6.45) is -0.0188. The molecule has 1 aliphatic rings. The van der Waals surface area contributed by atoms with Crippen LogP contribution >= 0.6 is 24.0 Å². The average molecular weight is 465 g/mol. The van der Waals surface area contributed by atoms with Crippen LogP contribution in [0.5, 0.6) is 0 Å². The highest BCUT2D eigenvalue weighted by Gasteiger charge is 2.28. The number of guanidine groups is 1. The molecule has 0 spiro atoms. The fourth-order valence-electron chi connectivity index (χ4n) is 2.77. The topological polar surface area (TPSA) is 46.1 Å². The van der Waals surface area contributed by atoms with Gasteiger partial charge in [0.05, 0.1) is 25.8 Å². The lowest BCUT2D eigenvalue weighted by Gasteiger charge is -2.38. The van der Waals surface area contributed by atoms with E-state index in [9.17, 15) is 4.39 Å². The number of hydrogen-bond donors (Lipinski definition) is 1. The highest BCUT2D eigenvalue weighted by Crippen LogP contribution is 2.25. The number of aliphatic imine (C=N–C) groups is 1. The minimum atomic E-state index is -0.231. The van der Waals surface area contributed by atoms with Gasteiger partial charge in [0.2, 0.25) is 0 Å². The quantitative estimate of drug-likeness (QED) is 0.304. The minimum absolute atomic E-state index is 0. The van der Waals surface area contributed by atoms with Crippen molar-refractivity contribution in [3.8, 4) is 0 Å². The summed E-state index contributed by atoms with van der Waals surface area (Å²) in [6, 6.07) is 6.53. The number of benzene rings is 1. The van der Waals surface area contributed by atoms with E-state index in [2.05, 4.69) is 22.1 Å². The molecular formula is C18H29FIN3O2. The largest absolute Gasteiger partial charge is 0.380 e. The monoisotopic (exact) mass is 465 g/mol. The maximum absolute atomic E-state index is 13.1. The van der Waals surface area contributed by atoms with E-state index in [1.165, 1.54) is 12.1 Å². The molecule has 1 saturated heterocycles. The number of nitrogens with one attached hydrogen (secondary N) is 1. The van der Waals surface area contributed by atoms with E-state index < -0.39 is 0 Å². The maximum Gasteiger partial charge on any atom is 0.194 e. The number of rotatable bonds is 6. The Morgan fingerprint density at radius 1 is 1.32 bits per heavy atom. The Labute approximate surface area is 167 Å². The van der Waals surface area contributed by atoms with Crippen molar-refractivity contribution in [2.45, 2.75) is 33.0 Å². The van der Waals surface area contributed by atoms with Crippen LogP contribution in [0.25, 0.3) is 0 Å². The van der Waals surface area contributed by atoms with Crippen LogP contribution in [-0.2, 0) is 9.47 Å². The van der Waals surface area contributed by atoms with Gasteiger partial charge in [0.25, 0.3) is 0 Å². The molecule has 0 bridgehead atoms. The minimum Gasteiger partial charge on any atom is -0.380 e. The van der Waals surface area contributed by atoms with Crippen LogP contribution in [0.1, 0.15) is 32.4 Å². The number of halogens is 2. The van der Waals surface area contributed by atoms with Gasteiger partial charge in [-0.25, -0.2) is 4.39 Å². The van der Waals surface area contributed by atoms with Gasteiger partial charge in [-0.3, -0.25) is 4.99 Å². The molecule has 0 aromatic heterocycles. The predicted octanol–water partition coefficient (Wildman–Crippen LogP) is 3.21. The van der Waals surface area contributed by atoms with Crippen molar-refractivity contribution in [2.24, 2.45) is 4.99 Å². The molecule has 1 N–H and O–H groups in total. The van der Waals surface area contributed by atoms with E-state index >= 15 is 0 Å². The van der Waals surface area contributed by atoms with Crippen LogP contribution in [-0.4, -0.2) is 56.4 Å². The van der Waals surface area contributed by atoms with Gasteiger partial charge in [0.1, 0.15) is 11.9 Å². The van der Waals surface area contributed by atoms with Crippen molar-refractivity contribution in [1.82, 2.24) is 10.2 Å². The molecule has 2 atom stereocenters. The molecule has 1 heterocycles. The van der Waals surface area contributed by atoms with Gasteiger partial charge >= 0.3 is 0 Å². The summed E-state index contributed by atoms with van der Waals surface area (Å²) in [4.78, 5) is 6.85. The van der Waals surface area contributed by atoms with Gasteiger partial charge in [0, 0.05) is 19.7 Å². The molecule has 5 nitrogen and oxygen atoms in total. The lowest BCUT2D eigenvalue weighted by Crippen LogP contribution is -2.50. The molecular weight excluding hydrogens is 436 g/mol. The molecule has 25 heavy (non-hydrogen) atoms. The molecule has 0 saturated carbocycles. The van der Waals surface area contributed by atoms with E-state index in [0.717, 1.165) is 24.6 Å². The highest BCUT2D eigenvalue weighted by atomic mass is 127. The van der Waals surface area contributed by atoms with E-state index in [4.69, 9.17) is 9.47 Å². The van der Waals surface area contributed by atoms with Crippen LogP contribution in [0.15, 0.2) is 29.3 Å². The van der Waals surface area contributed by atoms with Crippen molar-refractivity contribution in [1.29, 1.82) is 0 Å². The Balaban J connectivity index is 0.00000312. The van der Waals surface area contributed by atoms with Crippen molar-refractivity contribution < 1.29 is 13.9 Å². The van der Waals surface area contributed by atoms with E-state index in [-0.39, 0.29) is 42.0 Å². The lowest BCUT2D eigenvalue weighted by molar-refractivity contribution is -0.0605. The van der Waals surface area contributed by atoms with Gasteiger partial charge in [-0.05, 0) is 38.5 Å². The molecule has 142 valence electrons. The summed E-state index contributed by atoms with van der Waals surface area (Å²) in [5.41, 5.74) is 0.984. The number of nitrogens with zero attached hydrogens (tertiary/aromatic N) is 2. The first-order chi connectivity index (χ1) is 11.6. The highest BCUT2D eigenvalue weighted by molar-refractivity contribution is 14.0. The molecule has 2 unspecified atom stereocenters. The van der Waals surface area contributed by atoms with Crippen LogP contribution in [0, 0.1) is 5.82 Å². The van der Waals surface area contributed by atoms with Crippen molar-refractivity contribution in [2.75, 3.05) is 39.4 Å². The third-order valence-electron chi connectivity index (χ3n) is 3.84. The fraction of sp³-hybridized carbons (Fsp3) is 0.611. The van der Waals surface area contributed by atoms with Crippen molar-refractivity contribution in [3.63, 3.8) is 0 Å². The van der Waals surface area contributed by atoms with Crippen LogP contribution in [0.3, 0.4) is 0 Å². The van der Waals surface area contributed by atoms with Crippen molar-refractivity contribution in [3.05, 3.63) is 35.6 Å². The second-order valence-electron chi connectivity index (χ2n) is 5.82. The molecule has 1 aliphatic heterocycles. The average Bonchev–Trinajstić information content (AvgIpc) is 2.58. The molecule has 0 amide bonds. The third kappa shape index (κ3) is 7.07. The number of morpholine rings is 1. The molecule has 2 rings (SSSR count). The first-order valence-electron chi connectivity index (χ1n) is 8.66. The summed E-state index contributed by atoms with van der Waals surface area (Å²) >= 11 is 0. The van der Waals surface area contributed by atoms with E-state index in [1.807, 2.05) is 13.8 Å². The summed E-state index contributed by atoms with van der Waals surface area (Å²) in [6.45, 7) is 10.3. The summed E-state index contributed by atoms with van der Waals surface area (Å²) in [7, 11) is 0. The predicted molar refractivity (Wildman–Crippen MR) is 109 cm³/mol. The zero-order valence-corrected chi connectivity index (χ0v) is 17.5. The smallest absolute Gasteiger partial charge is 0.194 e. The molecule has 0 radical (unpaired) electrons. The van der Waals surface area contributed by atoms with Gasteiger partial charge in [-0.15, -0.1) is 24.0 Å². The van der Waals surface area contributed by atoms with Crippen LogP contribution < -0.4 is 5.32 Å². The zero-order chi connectivity index (χ0) is 17.4. The van der Waals surface area contributed by atoms with Crippen LogP contribution in [0.4, 0.5) is 4.39 Å². The first kappa shape index (κ1) is 22.1. The first-order valence-corrected chi connectivity index (χ1v) is 8.66. The molecule has 1 fully saturated rings. The Hall–Kier alpha value is -0.930. The van der Waals surface area contributed by atoms with Gasteiger partial charge < -0.3 is 19.7 Å². The van der Waals surface area contributed by atoms with Gasteiger partial charge in [-0.1, -0.05) is 12.1 Å². The summed E-state index contributed by atoms with van der Waals surface area (Å²) < 4.78 is 24.5. The second kappa shape index (κ2) is 11.6. The Kier molecular flexibility index (Phi) is 10.3. The molecule has 1 aromatic carbocycles. The lowest BCUT2D eigenvalue weighted by atomic mass is 10.1. The fourth-order valence-corrected chi connectivity index (χ4v) is 2.77. The Morgan fingerprint density at radius 2 is 2.04 bits per heavy atom. The number of ether oxygens (including phenoxy) is 2. The third-order valence-corrected chi connectivity index (χ3v) is 3.84. The maximum atomic E-state index is 13.1. The van der Waals surface area contributed by atoms with Gasteiger partial charge in [0.15, 0.2) is 5.96 Å². The Bertz CT molecular complexity index is 528. The standard InChI is InChI=1S/C18H28FN3O2.HI/c1-4-20-18(21-10-11-23-5-2)22-12-14(3)24-17(13-22)15-6-8-16(19)9-7-15;/h6-9,14,17H,4-5,10-13H2,1-3H3,(H,20,21);1H. The van der Waals surface area contributed by atoms with Crippen LogP contribution in [0.2, 0.25) is 0 Å². The van der Waals surface area contributed by atoms with Crippen molar-refractivity contribution >= 4 is 29.9 Å². The molecule has 0 aliphatic carbocycles. The summed E-state index contributed by atoms with van der Waals surface area (Å²) in [5.74, 6) is 0.643. The van der Waals surface area contributed by atoms with E-state index in [1.54, 1.807) is 12.1 Å². The molecule has 1 aromatic rings. The number of hydrogen-bond acceptors (Lipinski definition) is 3. The Morgan fingerprint density at radius 3 is 2.68 bits per heavy atom. The normalized spacial score (nSPS) is 21.0. The SMILES string of the molecule is CCNC(=NCCOCC)N1CC(C)OC(c2ccc(F)cc2)C1.I. The zero-order valence-electron chi connectivity index (χ0n) is 15.2. The molecule has 7 heteroatoms.